The Morgan fingerprint density at radius 1 is 0.900 bits per heavy atom. The van der Waals surface area contributed by atoms with Crippen molar-refractivity contribution in [1.29, 1.82) is 0 Å². The van der Waals surface area contributed by atoms with E-state index >= 15 is 0 Å². The number of esters is 2. The van der Waals surface area contributed by atoms with Crippen LogP contribution >= 0.6 is 23.2 Å². The summed E-state index contributed by atoms with van der Waals surface area (Å²) >= 11 is 11.1. The Labute approximate surface area is 129 Å². The molecule has 0 aromatic rings. The molecule has 0 fully saturated rings. The van der Waals surface area contributed by atoms with Gasteiger partial charge in [0.25, 0.3) is 0 Å². The second-order valence-electron chi connectivity index (χ2n) is 4.58. The number of carbonyl (C=O) groups is 2. The summed E-state index contributed by atoms with van der Waals surface area (Å²) in [6.07, 6.45) is 6.04. The Bertz CT molecular complexity index is 312. The normalized spacial score (nSPS) is 21.5. The van der Waals surface area contributed by atoms with Gasteiger partial charge >= 0.3 is 11.9 Å². The molecule has 0 saturated heterocycles. The van der Waals surface area contributed by atoms with Gasteiger partial charge in [0.15, 0.2) is 0 Å². The first-order valence-electron chi connectivity index (χ1n) is 6.81. The zero-order valence-corrected chi connectivity index (χ0v) is 12.9. The Hall–Kier alpha value is -0.740. The highest BCUT2D eigenvalue weighted by atomic mass is 35.5. The first-order valence-corrected chi connectivity index (χ1v) is 7.87. The molecule has 0 N–H and O–H groups in total. The van der Waals surface area contributed by atoms with Crippen LogP contribution in [0.1, 0.15) is 25.7 Å². The summed E-state index contributed by atoms with van der Waals surface area (Å²) in [7, 11) is 0. The molecular formula is C14H20Cl2O4. The lowest BCUT2D eigenvalue weighted by Gasteiger charge is -2.25. The van der Waals surface area contributed by atoms with Gasteiger partial charge in [0.05, 0.1) is 25.0 Å². The van der Waals surface area contributed by atoms with Crippen molar-refractivity contribution in [2.75, 3.05) is 25.0 Å². The van der Waals surface area contributed by atoms with E-state index in [1.165, 1.54) is 0 Å². The number of alkyl halides is 2. The third-order valence-electron chi connectivity index (χ3n) is 3.08. The number of carbonyl (C=O) groups excluding carboxylic acids is 2. The molecule has 6 heteroatoms. The summed E-state index contributed by atoms with van der Waals surface area (Å²) in [6.45, 7) is 0.577. The van der Waals surface area contributed by atoms with Crippen LogP contribution in [0.2, 0.25) is 0 Å². The minimum absolute atomic E-state index is 0.288. The van der Waals surface area contributed by atoms with Crippen molar-refractivity contribution < 1.29 is 19.1 Å². The number of hydrogen-bond donors (Lipinski definition) is 0. The van der Waals surface area contributed by atoms with E-state index in [-0.39, 0.29) is 25.2 Å². The van der Waals surface area contributed by atoms with Crippen LogP contribution in [-0.2, 0) is 19.1 Å². The number of hydrogen-bond acceptors (Lipinski definition) is 4. The van der Waals surface area contributed by atoms with E-state index in [4.69, 9.17) is 32.7 Å². The molecular weight excluding hydrogens is 303 g/mol. The van der Waals surface area contributed by atoms with Crippen LogP contribution < -0.4 is 0 Å². The van der Waals surface area contributed by atoms with E-state index in [2.05, 4.69) is 0 Å². The molecule has 0 saturated carbocycles. The molecule has 0 heterocycles. The van der Waals surface area contributed by atoms with Crippen molar-refractivity contribution in [2.24, 2.45) is 11.8 Å². The average Bonchev–Trinajstić information content (AvgIpc) is 2.47. The van der Waals surface area contributed by atoms with Crippen molar-refractivity contribution in [1.82, 2.24) is 0 Å². The highest BCUT2D eigenvalue weighted by Gasteiger charge is 2.36. The van der Waals surface area contributed by atoms with Crippen molar-refractivity contribution >= 4 is 35.1 Å². The summed E-state index contributed by atoms with van der Waals surface area (Å²) in [6, 6.07) is 0. The van der Waals surface area contributed by atoms with Crippen LogP contribution in [0.3, 0.4) is 0 Å². The number of rotatable bonds is 8. The van der Waals surface area contributed by atoms with Crippen LogP contribution in [0.4, 0.5) is 0 Å². The molecule has 0 amide bonds. The van der Waals surface area contributed by atoms with Gasteiger partial charge < -0.3 is 9.47 Å². The summed E-state index contributed by atoms with van der Waals surface area (Å²) < 4.78 is 10.3. The van der Waals surface area contributed by atoms with Gasteiger partial charge in [0.1, 0.15) is 0 Å². The molecule has 1 aliphatic rings. The van der Waals surface area contributed by atoms with Crippen molar-refractivity contribution in [3.05, 3.63) is 12.2 Å². The maximum atomic E-state index is 12.0. The molecule has 0 aromatic carbocycles. The molecule has 0 unspecified atom stereocenters. The van der Waals surface area contributed by atoms with E-state index in [1.54, 1.807) is 0 Å². The van der Waals surface area contributed by atoms with E-state index in [1.807, 2.05) is 12.2 Å². The largest absolute Gasteiger partial charge is 0.465 e. The summed E-state index contributed by atoms with van der Waals surface area (Å²) in [5.74, 6) is -0.723. The van der Waals surface area contributed by atoms with Crippen molar-refractivity contribution in [3.63, 3.8) is 0 Å². The number of ether oxygens (including phenoxy) is 2. The lowest BCUT2D eigenvalue weighted by Crippen LogP contribution is -2.34. The van der Waals surface area contributed by atoms with Crippen molar-refractivity contribution in [2.45, 2.75) is 25.7 Å². The quantitative estimate of drug-likeness (QED) is 0.298. The van der Waals surface area contributed by atoms with Gasteiger partial charge in [-0.1, -0.05) is 12.2 Å². The summed E-state index contributed by atoms with van der Waals surface area (Å²) in [5, 5.41) is 0. The standard InChI is InChI=1S/C14H20Cl2O4/c15-7-3-9-19-13(17)11-5-1-2-6-12(11)14(18)20-10-4-8-16/h1-2,11-12H,3-10H2/t11-,12+. The lowest BCUT2D eigenvalue weighted by atomic mass is 9.83. The number of halogens is 2. The zero-order chi connectivity index (χ0) is 14.8. The molecule has 0 aromatic heterocycles. The zero-order valence-electron chi connectivity index (χ0n) is 11.4. The molecule has 114 valence electrons. The van der Waals surface area contributed by atoms with Gasteiger partial charge in [-0.2, -0.15) is 0 Å². The summed E-state index contributed by atoms with van der Waals surface area (Å²) in [5.41, 5.74) is 0. The van der Waals surface area contributed by atoms with Gasteiger partial charge in [0.2, 0.25) is 0 Å². The van der Waals surface area contributed by atoms with E-state index in [0.29, 0.717) is 37.4 Å². The van der Waals surface area contributed by atoms with Crippen LogP contribution in [-0.4, -0.2) is 36.9 Å². The summed E-state index contributed by atoms with van der Waals surface area (Å²) in [4.78, 5) is 24.0. The molecule has 1 rings (SSSR count). The third-order valence-corrected chi connectivity index (χ3v) is 3.62. The first-order chi connectivity index (χ1) is 9.70. The van der Waals surface area contributed by atoms with Gasteiger partial charge in [-0.25, -0.2) is 0 Å². The Morgan fingerprint density at radius 2 is 1.30 bits per heavy atom. The van der Waals surface area contributed by atoms with Gasteiger partial charge in [-0.15, -0.1) is 23.2 Å². The molecule has 20 heavy (non-hydrogen) atoms. The third kappa shape index (κ3) is 5.71. The first kappa shape index (κ1) is 17.3. The van der Waals surface area contributed by atoms with Gasteiger partial charge in [-0.05, 0) is 25.7 Å². The van der Waals surface area contributed by atoms with Gasteiger partial charge in [0, 0.05) is 11.8 Å². The predicted molar refractivity (Wildman–Crippen MR) is 77.9 cm³/mol. The second kappa shape index (κ2) is 10.1. The molecule has 2 atom stereocenters. The minimum atomic E-state index is -0.459. The Morgan fingerprint density at radius 3 is 1.65 bits per heavy atom. The fourth-order valence-electron chi connectivity index (χ4n) is 2.00. The van der Waals surface area contributed by atoms with E-state index < -0.39 is 11.8 Å². The molecule has 1 aliphatic carbocycles. The van der Waals surface area contributed by atoms with E-state index in [0.717, 1.165) is 0 Å². The molecule has 0 bridgehead atoms. The Balaban J connectivity index is 2.51. The van der Waals surface area contributed by atoms with Crippen molar-refractivity contribution in [3.8, 4) is 0 Å². The van der Waals surface area contributed by atoms with Gasteiger partial charge in [-0.3, -0.25) is 9.59 Å². The minimum Gasteiger partial charge on any atom is -0.465 e. The Kier molecular flexibility index (Phi) is 8.70. The SMILES string of the molecule is O=C(OCCCCl)[C@H]1CC=CC[C@H]1C(=O)OCCCCl. The highest BCUT2D eigenvalue weighted by molar-refractivity contribution is 6.18. The van der Waals surface area contributed by atoms with Crippen LogP contribution in [0.25, 0.3) is 0 Å². The molecule has 4 nitrogen and oxygen atoms in total. The maximum Gasteiger partial charge on any atom is 0.310 e. The highest BCUT2D eigenvalue weighted by Crippen LogP contribution is 2.28. The van der Waals surface area contributed by atoms with Crippen LogP contribution in [0, 0.1) is 11.8 Å². The smallest absolute Gasteiger partial charge is 0.310 e. The molecule has 0 aliphatic heterocycles. The molecule has 0 spiro atoms. The monoisotopic (exact) mass is 322 g/mol. The molecule has 0 radical (unpaired) electrons. The predicted octanol–water partition coefficient (Wildman–Crippen LogP) is 2.91. The average molecular weight is 323 g/mol. The second-order valence-corrected chi connectivity index (χ2v) is 5.33. The van der Waals surface area contributed by atoms with Crippen LogP contribution in [0.15, 0.2) is 12.2 Å². The van der Waals surface area contributed by atoms with Crippen LogP contribution in [0.5, 0.6) is 0 Å². The maximum absolute atomic E-state index is 12.0. The topological polar surface area (TPSA) is 52.6 Å². The fraction of sp³-hybridized carbons (Fsp3) is 0.714. The number of allylic oxidation sites excluding steroid dienone is 2. The fourth-order valence-corrected chi connectivity index (χ4v) is 2.22. The van der Waals surface area contributed by atoms with E-state index in [9.17, 15) is 9.59 Å². The lowest BCUT2D eigenvalue weighted by molar-refractivity contribution is -0.161.